The Morgan fingerprint density at radius 1 is 1.20 bits per heavy atom. The Hall–Kier alpha value is -2.10. The van der Waals surface area contributed by atoms with Gasteiger partial charge in [-0.1, -0.05) is 29.8 Å². The van der Waals surface area contributed by atoms with E-state index in [1.54, 1.807) is 0 Å². The molecule has 0 spiro atoms. The number of benzene rings is 1. The third-order valence-electron chi connectivity index (χ3n) is 3.80. The molecule has 0 saturated heterocycles. The van der Waals surface area contributed by atoms with Crippen LogP contribution in [-0.4, -0.2) is 17.0 Å². The second kappa shape index (κ2) is 5.90. The number of carboxylic acids is 1. The van der Waals surface area contributed by atoms with Crippen molar-refractivity contribution < 1.29 is 14.7 Å². The van der Waals surface area contributed by atoms with E-state index < -0.39 is 17.8 Å². The first kappa shape index (κ1) is 14.3. The van der Waals surface area contributed by atoms with Gasteiger partial charge in [0.05, 0.1) is 11.8 Å². The van der Waals surface area contributed by atoms with Gasteiger partial charge < -0.3 is 10.4 Å². The van der Waals surface area contributed by atoms with Gasteiger partial charge in [0.25, 0.3) is 0 Å². The molecule has 0 saturated carbocycles. The van der Waals surface area contributed by atoms with E-state index in [4.69, 9.17) is 0 Å². The number of carboxylic acid groups (broad SMARTS) is 1. The maximum absolute atomic E-state index is 12.3. The quantitative estimate of drug-likeness (QED) is 0.832. The van der Waals surface area contributed by atoms with Crippen molar-refractivity contribution in [2.24, 2.45) is 11.8 Å². The highest BCUT2D eigenvalue weighted by atomic mass is 16.4. The van der Waals surface area contributed by atoms with Crippen molar-refractivity contribution in [3.05, 3.63) is 41.5 Å². The predicted octanol–water partition coefficient (Wildman–Crippen LogP) is 2.99. The van der Waals surface area contributed by atoms with E-state index in [0.29, 0.717) is 12.8 Å². The van der Waals surface area contributed by atoms with Crippen molar-refractivity contribution in [3.63, 3.8) is 0 Å². The van der Waals surface area contributed by atoms with Crippen LogP contribution in [0.3, 0.4) is 0 Å². The van der Waals surface area contributed by atoms with Gasteiger partial charge in [0.1, 0.15) is 0 Å². The molecule has 0 heterocycles. The normalized spacial score (nSPS) is 22.0. The molecule has 1 aromatic carbocycles. The number of aliphatic carboxylic acids is 1. The van der Waals surface area contributed by atoms with Crippen LogP contribution in [0, 0.1) is 18.8 Å². The lowest BCUT2D eigenvalue weighted by molar-refractivity contribution is -0.146. The van der Waals surface area contributed by atoms with E-state index in [1.165, 1.54) is 0 Å². The molecule has 1 aliphatic carbocycles. The Bertz CT molecular complexity index is 563. The summed E-state index contributed by atoms with van der Waals surface area (Å²) in [6, 6.07) is 7.49. The molecule has 1 aromatic rings. The van der Waals surface area contributed by atoms with Crippen LogP contribution in [0.2, 0.25) is 0 Å². The van der Waals surface area contributed by atoms with E-state index in [0.717, 1.165) is 16.8 Å². The maximum Gasteiger partial charge on any atom is 0.307 e. The largest absolute Gasteiger partial charge is 0.481 e. The molecule has 2 atom stereocenters. The van der Waals surface area contributed by atoms with Crippen LogP contribution < -0.4 is 5.32 Å². The summed E-state index contributed by atoms with van der Waals surface area (Å²) >= 11 is 0. The molecule has 106 valence electrons. The minimum absolute atomic E-state index is 0.213. The molecular weight excluding hydrogens is 254 g/mol. The summed E-state index contributed by atoms with van der Waals surface area (Å²) in [7, 11) is 0. The number of aryl methyl sites for hydroxylation is 1. The Kier molecular flexibility index (Phi) is 4.23. The molecule has 2 rings (SSSR count). The van der Waals surface area contributed by atoms with Crippen molar-refractivity contribution in [2.45, 2.75) is 26.7 Å². The van der Waals surface area contributed by atoms with Gasteiger partial charge in [-0.2, -0.15) is 0 Å². The van der Waals surface area contributed by atoms with Crippen molar-refractivity contribution in [1.29, 1.82) is 0 Å². The average Bonchev–Trinajstić information content (AvgIpc) is 2.41. The molecule has 0 aromatic heterocycles. The van der Waals surface area contributed by atoms with E-state index >= 15 is 0 Å². The van der Waals surface area contributed by atoms with Gasteiger partial charge in [0.15, 0.2) is 0 Å². The fourth-order valence-corrected chi connectivity index (χ4v) is 2.55. The van der Waals surface area contributed by atoms with Gasteiger partial charge in [-0.15, -0.1) is 0 Å². The molecule has 0 fully saturated rings. The lowest BCUT2D eigenvalue weighted by Gasteiger charge is -2.26. The third kappa shape index (κ3) is 3.07. The highest BCUT2D eigenvalue weighted by molar-refractivity contribution is 5.96. The summed E-state index contributed by atoms with van der Waals surface area (Å²) < 4.78 is 0. The van der Waals surface area contributed by atoms with E-state index in [9.17, 15) is 14.7 Å². The molecule has 0 radical (unpaired) electrons. The Labute approximate surface area is 118 Å². The van der Waals surface area contributed by atoms with Crippen molar-refractivity contribution >= 4 is 17.6 Å². The summed E-state index contributed by atoms with van der Waals surface area (Å²) in [5.74, 6) is -2.25. The van der Waals surface area contributed by atoms with Crippen molar-refractivity contribution in [3.8, 4) is 0 Å². The third-order valence-corrected chi connectivity index (χ3v) is 3.80. The van der Waals surface area contributed by atoms with Crippen LogP contribution in [-0.2, 0) is 9.59 Å². The molecule has 0 bridgehead atoms. The number of anilines is 1. The van der Waals surface area contributed by atoms with Crippen LogP contribution in [0.15, 0.2) is 35.9 Å². The lowest BCUT2D eigenvalue weighted by atomic mass is 9.79. The summed E-state index contributed by atoms with van der Waals surface area (Å²) in [6.07, 6.45) is 2.89. The summed E-state index contributed by atoms with van der Waals surface area (Å²) in [5, 5.41) is 12.1. The fourth-order valence-electron chi connectivity index (χ4n) is 2.55. The van der Waals surface area contributed by atoms with E-state index in [-0.39, 0.29) is 5.91 Å². The second-order valence-corrected chi connectivity index (χ2v) is 5.35. The summed E-state index contributed by atoms with van der Waals surface area (Å²) in [6.45, 7) is 3.82. The van der Waals surface area contributed by atoms with Crippen LogP contribution in [0.5, 0.6) is 0 Å². The number of para-hydroxylation sites is 1. The second-order valence-electron chi connectivity index (χ2n) is 5.35. The lowest BCUT2D eigenvalue weighted by Crippen LogP contribution is -2.35. The van der Waals surface area contributed by atoms with Gasteiger partial charge >= 0.3 is 5.97 Å². The zero-order valence-electron chi connectivity index (χ0n) is 11.7. The molecule has 20 heavy (non-hydrogen) atoms. The molecule has 2 N–H and O–H groups in total. The standard InChI is InChI=1S/C16H19NO3/c1-10-7-8-12(13(9-10)16(19)20)15(18)17-14-6-4-3-5-11(14)2/h3-7,12-13H,8-9H2,1-2H3,(H,17,18)(H,19,20). The average molecular weight is 273 g/mol. The molecule has 4 nitrogen and oxygen atoms in total. The molecule has 0 aliphatic heterocycles. The number of carbonyl (C=O) groups excluding carboxylic acids is 1. The van der Waals surface area contributed by atoms with Gasteiger partial charge in [-0.25, -0.2) is 0 Å². The van der Waals surface area contributed by atoms with Crippen LogP contribution in [0.4, 0.5) is 5.69 Å². The number of allylic oxidation sites excluding steroid dienone is 2. The minimum atomic E-state index is -0.901. The highest BCUT2D eigenvalue weighted by Crippen LogP contribution is 2.31. The minimum Gasteiger partial charge on any atom is -0.481 e. The zero-order chi connectivity index (χ0) is 14.7. The Balaban J connectivity index is 2.16. The number of nitrogens with one attached hydrogen (secondary N) is 1. The number of rotatable bonds is 3. The highest BCUT2D eigenvalue weighted by Gasteiger charge is 2.35. The van der Waals surface area contributed by atoms with Crippen molar-refractivity contribution in [1.82, 2.24) is 0 Å². The fraction of sp³-hybridized carbons (Fsp3) is 0.375. The number of hydrogen-bond acceptors (Lipinski definition) is 2. The Morgan fingerprint density at radius 2 is 1.90 bits per heavy atom. The Morgan fingerprint density at radius 3 is 2.55 bits per heavy atom. The van der Waals surface area contributed by atoms with E-state index in [2.05, 4.69) is 5.32 Å². The van der Waals surface area contributed by atoms with Gasteiger partial charge in [0.2, 0.25) is 5.91 Å². The summed E-state index contributed by atoms with van der Waals surface area (Å²) in [4.78, 5) is 23.7. The predicted molar refractivity (Wildman–Crippen MR) is 77.4 cm³/mol. The smallest absolute Gasteiger partial charge is 0.307 e. The molecule has 4 heteroatoms. The zero-order valence-corrected chi connectivity index (χ0v) is 11.7. The number of amides is 1. The SMILES string of the molecule is CC1=CCC(C(=O)Nc2ccccc2C)C(C(=O)O)C1. The maximum atomic E-state index is 12.3. The topological polar surface area (TPSA) is 66.4 Å². The van der Waals surface area contributed by atoms with E-state index in [1.807, 2.05) is 44.2 Å². The monoisotopic (exact) mass is 273 g/mol. The molecule has 1 amide bonds. The first-order chi connectivity index (χ1) is 9.49. The van der Waals surface area contributed by atoms with Gasteiger partial charge in [-0.3, -0.25) is 9.59 Å². The molecular formula is C16H19NO3. The van der Waals surface area contributed by atoms with Crippen LogP contribution in [0.1, 0.15) is 25.3 Å². The van der Waals surface area contributed by atoms with Gasteiger partial charge in [0, 0.05) is 5.69 Å². The molecule has 1 aliphatic rings. The first-order valence-electron chi connectivity index (χ1n) is 6.74. The molecule has 2 unspecified atom stereocenters. The number of hydrogen-bond donors (Lipinski definition) is 2. The van der Waals surface area contributed by atoms with Crippen LogP contribution >= 0.6 is 0 Å². The van der Waals surface area contributed by atoms with Crippen molar-refractivity contribution in [2.75, 3.05) is 5.32 Å². The first-order valence-corrected chi connectivity index (χ1v) is 6.74. The van der Waals surface area contributed by atoms with Gasteiger partial charge in [-0.05, 0) is 38.3 Å². The summed E-state index contributed by atoms with van der Waals surface area (Å²) in [5.41, 5.74) is 2.75. The van der Waals surface area contributed by atoms with Crippen LogP contribution in [0.25, 0.3) is 0 Å². The number of carbonyl (C=O) groups is 2.